The fourth-order valence-corrected chi connectivity index (χ4v) is 3.40. The number of benzene rings is 2. The summed E-state index contributed by atoms with van der Waals surface area (Å²) in [5.41, 5.74) is 9.87. The Balaban J connectivity index is 1.83. The van der Waals surface area contributed by atoms with Gasteiger partial charge in [0, 0.05) is 26.3 Å². The van der Waals surface area contributed by atoms with E-state index >= 15 is 0 Å². The number of hydroxylamine groups is 1. The zero-order valence-corrected chi connectivity index (χ0v) is 18.7. The SMILES string of the molecule is Cn1cc(C(=O)NO)c(OCc2ccc(Cl)c(Cl)c2)c1C(=O)NCc1ccc(CN)cc1. The van der Waals surface area contributed by atoms with Gasteiger partial charge in [0.15, 0.2) is 5.75 Å². The Morgan fingerprint density at radius 2 is 1.69 bits per heavy atom. The van der Waals surface area contributed by atoms with E-state index in [-0.39, 0.29) is 30.2 Å². The minimum absolute atomic E-state index is 0.00695. The molecular formula is C22H22Cl2N4O4. The van der Waals surface area contributed by atoms with Crippen LogP contribution >= 0.6 is 23.2 Å². The molecule has 168 valence electrons. The van der Waals surface area contributed by atoms with Crippen molar-refractivity contribution in [3.05, 3.63) is 86.7 Å². The summed E-state index contributed by atoms with van der Waals surface area (Å²) < 4.78 is 7.29. The molecule has 2 amide bonds. The molecule has 1 aromatic heterocycles. The maximum atomic E-state index is 13.0. The lowest BCUT2D eigenvalue weighted by molar-refractivity contribution is 0.0702. The van der Waals surface area contributed by atoms with E-state index in [4.69, 9.17) is 38.9 Å². The highest BCUT2D eigenvalue weighted by Gasteiger charge is 2.26. The summed E-state index contributed by atoms with van der Waals surface area (Å²) in [6, 6.07) is 12.5. The van der Waals surface area contributed by atoms with Crippen molar-refractivity contribution in [2.24, 2.45) is 12.8 Å². The number of nitrogens with zero attached hydrogens (tertiary/aromatic N) is 1. The van der Waals surface area contributed by atoms with Gasteiger partial charge in [0.05, 0.1) is 10.0 Å². The average Bonchev–Trinajstić information content (AvgIpc) is 3.14. The number of rotatable bonds is 8. The Labute approximate surface area is 194 Å². The lowest BCUT2D eigenvalue weighted by Crippen LogP contribution is -2.25. The third-order valence-corrected chi connectivity index (χ3v) is 5.51. The Kier molecular flexibility index (Phi) is 7.76. The van der Waals surface area contributed by atoms with Gasteiger partial charge in [-0.05, 0) is 28.8 Å². The molecule has 1 heterocycles. The van der Waals surface area contributed by atoms with Gasteiger partial charge in [0.2, 0.25) is 0 Å². The minimum Gasteiger partial charge on any atom is -0.486 e. The molecule has 0 bridgehead atoms. The third kappa shape index (κ3) is 5.41. The molecule has 8 nitrogen and oxygen atoms in total. The highest BCUT2D eigenvalue weighted by molar-refractivity contribution is 6.42. The molecule has 5 N–H and O–H groups in total. The van der Waals surface area contributed by atoms with E-state index < -0.39 is 11.8 Å². The number of nitrogens with one attached hydrogen (secondary N) is 2. The molecule has 10 heteroatoms. The van der Waals surface area contributed by atoms with Crippen LogP contribution in [0.4, 0.5) is 0 Å². The van der Waals surface area contributed by atoms with Gasteiger partial charge in [-0.25, -0.2) is 5.48 Å². The summed E-state index contributed by atoms with van der Waals surface area (Å²) in [6.45, 7) is 0.723. The number of aromatic nitrogens is 1. The zero-order valence-electron chi connectivity index (χ0n) is 17.2. The molecule has 0 unspecified atom stereocenters. The van der Waals surface area contributed by atoms with Crippen LogP contribution in [0.25, 0.3) is 0 Å². The Hall–Kier alpha value is -3.04. The van der Waals surface area contributed by atoms with Crippen molar-refractivity contribution in [1.29, 1.82) is 0 Å². The number of carbonyl (C=O) groups excluding carboxylic acids is 2. The van der Waals surface area contributed by atoms with E-state index in [9.17, 15) is 9.59 Å². The quantitative estimate of drug-likeness (QED) is 0.293. The predicted molar refractivity (Wildman–Crippen MR) is 121 cm³/mol. The van der Waals surface area contributed by atoms with E-state index in [1.54, 1.807) is 30.7 Å². The van der Waals surface area contributed by atoms with Gasteiger partial charge in [-0.2, -0.15) is 0 Å². The number of carbonyl (C=O) groups is 2. The largest absolute Gasteiger partial charge is 0.486 e. The first-order valence-corrected chi connectivity index (χ1v) is 10.4. The lowest BCUT2D eigenvalue weighted by atomic mass is 10.1. The van der Waals surface area contributed by atoms with Crippen molar-refractivity contribution >= 4 is 35.0 Å². The van der Waals surface area contributed by atoms with Gasteiger partial charge in [-0.3, -0.25) is 14.8 Å². The molecule has 0 saturated carbocycles. The van der Waals surface area contributed by atoms with Gasteiger partial charge in [-0.1, -0.05) is 53.5 Å². The van der Waals surface area contributed by atoms with Crippen LogP contribution in [0.15, 0.2) is 48.7 Å². The first kappa shape index (κ1) is 23.6. The van der Waals surface area contributed by atoms with Crippen LogP contribution in [0.2, 0.25) is 10.0 Å². The number of hydrogen-bond donors (Lipinski definition) is 4. The smallest absolute Gasteiger partial charge is 0.279 e. The van der Waals surface area contributed by atoms with Crippen LogP contribution in [0, 0.1) is 0 Å². The minimum atomic E-state index is -0.804. The highest BCUT2D eigenvalue weighted by atomic mass is 35.5. The third-order valence-electron chi connectivity index (χ3n) is 4.78. The zero-order chi connectivity index (χ0) is 23.3. The van der Waals surface area contributed by atoms with E-state index in [0.29, 0.717) is 22.2 Å². The summed E-state index contributed by atoms with van der Waals surface area (Å²) in [6.07, 6.45) is 1.40. The predicted octanol–water partition coefficient (Wildman–Crippen LogP) is 3.42. The molecule has 0 spiro atoms. The molecule has 0 aliphatic carbocycles. The fraction of sp³-hybridized carbons (Fsp3) is 0.182. The molecule has 3 rings (SSSR count). The fourth-order valence-electron chi connectivity index (χ4n) is 3.08. The van der Waals surface area contributed by atoms with Crippen molar-refractivity contribution < 1.29 is 19.5 Å². The van der Waals surface area contributed by atoms with Crippen molar-refractivity contribution in [1.82, 2.24) is 15.4 Å². The Morgan fingerprint density at radius 3 is 2.31 bits per heavy atom. The highest BCUT2D eigenvalue weighted by Crippen LogP contribution is 2.28. The molecule has 0 atom stereocenters. The van der Waals surface area contributed by atoms with Crippen molar-refractivity contribution in [3.8, 4) is 5.75 Å². The molecule has 0 radical (unpaired) electrons. The van der Waals surface area contributed by atoms with Crippen LogP contribution in [-0.2, 0) is 26.7 Å². The maximum Gasteiger partial charge on any atom is 0.279 e. The summed E-state index contributed by atoms with van der Waals surface area (Å²) in [5.74, 6) is -1.22. The molecule has 2 aromatic carbocycles. The normalized spacial score (nSPS) is 10.7. The van der Waals surface area contributed by atoms with Gasteiger partial charge in [-0.15, -0.1) is 0 Å². The van der Waals surface area contributed by atoms with Crippen LogP contribution in [-0.4, -0.2) is 21.6 Å². The van der Waals surface area contributed by atoms with Crippen LogP contribution in [0.3, 0.4) is 0 Å². The van der Waals surface area contributed by atoms with Gasteiger partial charge >= 0.3 is 0 Å². The average molecular weight is 477 g/mol. The molecule has 0 fully saturated rings. The molecule has 0 saturated heterocycles. The van der Waals surface area contributed by atoms with Gasteiger partial charge < -0.3 is 20.4 Å². The number of hydrogen-bond acceptors (Lipinski definition) is 5. The topological polar surface area (TPSA) is 119 Å². The first-order chi connectivity index (χ1) is 15.3. The second-order valence-corrected chi connectivity index (χ2v) is 7.83. The molecule has 32 heavy (non-hydrogen) atoms. The molecular weight excluding hydrogens is 455 g/mol. The van der Waals surface area contributed by atoms with E-state index in [1.807, 2.05) is 24.3 Å². The second-order valence-electron chi connectivity index (χ2n) is 7.01. The van der Waals surface area contributed by atoms with Crippen molar-refractivity contribution in [3.63, 3.8) is 0 Å². The van der Waals surface area contributed by atoms with E-state index in [2.05, 4.69) is 5.32 Å². The van der Waals surface area contributed by atoms with Crippen LogP contribution in [0.1, 0.15) is 37.5 Å². The Morgan fingerprint density at radius 1 is 1.03 bits per heavy atom. The molecule has 3 aromatic rings. The van der Waals surface area contributed by atoms with E-state index in [1.165, 1.54) is 10.8 Å². The summed E-state index contributed by atoms with van der Waals surface area (Å²) in [5, 5.41) is 12.7. The number of aryl methyl sites for hydroxylation is 1. The summed E-state index contributed by atoms with van der Waals surface area (Å²) >= 11 is 12.0. The van der Waals surface area contributed by atoms with Crippen molar-refractivity contribution in [2.45, 2.75) is 19.7 Å². The van der Waals surface area contributed by atoms with Gasteiger partial charge in [0.25, 0.3) is 11.8 Å². The number of nitrogens with two attached hydrogens (primary N) is 1. The number of amides is 2. The second kappa shape index (κ2) is 10.5. The first-order valence-electron chi connectivity index (χ1n) is 9.60. The number of halogens is 2. The maximum absolute atomic E-state index is 13.0. The van der Waals surface area contributed by atoms with Crippen molar-refractivity contribution in [2.75, 3.05) is 0 Å². The molecule has 0 aliphatic rings. The van der Waals surface area contributed by atoms with Crippen LogP contribution < -0.4 is 21.3 Å². The number of ether oxygens (including phenoxy) is 1. The summed E-state index contributed by atoms with van der Waals surface area (Å²) in [4.78, 5) is 25.1. The monoisotopic (exact) mass is 476 g/mol. The van der Waals surface area contributed by atoms with Gasteiger partial charge in [0.1, 0.15) is 17.9 Å². The lowest BCUT2D eigenvalue weighted by Gasteiger charge is -2.12. The van der Waals surface area contributed by atoms with E-state index in [0.717, 1.165) is 11.1 Å². The van der Waals surface area contributed by atoms with Crippen LogP contribution in [0.5, 0.6) is 5.75 Å². The standard InChI is InChI=1S/C22H22Cl2N4O4/c1-28-11-16(21(29)27-31)20(32-12-15-6-7-17(23)18(24)8-15)19(28)22(30)26-10-14-4-2-13(9-25)3-5-14/h2-8,11,31H,9-10,12,25H2,1H3,(H,26,30)(H,27,29). The summed E-state index contributed by atoms with van der Waals surface area (Å²) in [7, 11) is 1.60. The Bertz CT molecular complexity index is 1130. The molecule has 0 aliphatic heterocycles.